The lowest BCUT2D eigenvalue weighted by Crippen LogP contribution is -2.23. The molecule has 0 saturated carbocycles. The molecule has 2 aromatic carbocycles. The highest BCUT2D eigenvalue weighted by Gasteiger charge is 2.08. The van der Waals surface area contributed by atoms with Gasteiger partial charge in [-0.3, -0.25) is 9.36 Å². The summed E-state index contributed by atoms with van der Waals surface area (Å²) in [5, 5.41) is 0.514. The summed E-state index contributed by atoms with van der Waals surface area (Å²) in [6.45, 7) is 0.222. The largest absolute Gasteiger partial charge is 0.460 e. The summed E-state index contributed by atoms with van der Waals surface area (Å²) in [6, 6.07) is 12.1. The summed E-state index contributed by atoms with van der Waals surface area (Å²) < 4.78 is 19.3. The molecule has 0 spiro atoms. The number of hydrogen-bond acceptors (Lipinski definition) is 4. The fourth-order valence-corrected chi connectivity index (χ4v) is 2.17. The molecule has 0 atom stereocenters. The minimum Gasteiger partial charge on any atom is -0.460 e. The molecule has 0 unspecified atom stereocenters. The zero-order valence-electron chi connectivity index (χ0n) is 12.1. The van der Waals surface area contributed by atoms with E-state index in [2.05, 4.69) is 4.98 Å². The summed E-state index contributed by atoms with van der Waals surface area (Å²) >= 11 is 0. The van der Waals surface area contributed by atoms with Gasteiger partial charge in [-0.1, -0.05) is 12.1 Å². The number of nitrogens with zero attached hydrogens (tertiary/aromatic N) is 2. The van der Waals surface area contributed by atoms with Gasteiger partial charge in [0.25, 0.3) is 5.56 Å². The first-order valence-electron chi connectivity index (χ1n) is 7.02. The van der Waals surface area contributed by atoms with Crippen molar-refractivity contribution in [1.82, 2.24) is 9.55 Å². The van der Waals surface area contributed by atoms with Gasteiger partial charge < -0.3 is 4.74 Å². The smallest absolute Gasteiger partial charge is 0.338 e. The fourth-order valence-electron chi connectivity index (χ4n) is 2.17. The SMILES string of the molecule is O=C(OCCn1cnc2ccccc2c1=O)c1ccc(F)cc1. The Bertz CT molecular complexity index is 904. The Labute approximate surface area is 131 Å². The van der Waals surface area contributed by atoms with Crippen molar-refractivity contribution in [2.24, 2.45) is 0 Å². The van der Waals surface area contributed by atoms with Gasteiger partial charge in [-0.05, 0) is 36.4 Å². The summed E-state index contributed by atoms with van der Waals surface area (Å²) in [5.41, 5.74) is 0.695. The first-order valence-corrected chi connectivity index (χ1v) is 7.02. The monoisotopic (exact) mass is 312 g/mol. The number of rotatable bonds is 4. The minimum atomic E-state index is -0.563. The molecule has 1 aromatic heterocycles. The van der Waals surface area contributed by atoms with Gasteiger partial charge >= 0.3 is 5.97 Å². The van der Waals surface area contributed by atoms with E-state index in [9.17, 15) is 14.0 Å². The average Bonchev–Trinajstić information content (AvgIpc) is 2.57. The molecule has 5 nitrogen and oxygen atoms in total. The number of carbonyl (C=O) groups is 1. The average molecular weight is 312 g/mol. The molecular weight excluding hydrogens is 299 g/mol. The molecule has 0 fully saturated rings. The van der Waals surface area contributed by atoms with Crippen LogP contribution in [0.15, 0.2) is 59.7 Å². The maximum Gasteiger partial charge on any atom is 0.338 e. The van der Waals surface area contributed by atoms with Crippen molar-refractivity contribution in [3.8, 4) is 0 Å². The van der Waals surface area contributed by atoms with Crippen LogP contribution in [0.1, 0.15) is 10.4 Å². The molecular formula is C17H13FN2O3. The second kappa shape index (κ2) is 6.39. The van der Waals surface area contributed by atoms with Crippen LogP contribution in [0.3, 0.4) is 0 Å². The normalized spacial score (nSPS) is 10.7. The van der Waals surface area contributed by atoms with Gasteiger partial charge in [0.1, 0.15) is 12.4 Å². The third-order valence-electron chi connectivity index (χ3n) is 3.38. The molecule has 0 saturated heterocycles. The molecule has 23 heavy (non-hydrogen) atoms. The van der Waals surface area contributed by atoms with Gasteiger partial charge in [0, 0.05) is 0 Å². The van der Waals surface area contributed by atoms with Crippen molar-refractivity contribution < 1.29 is 13.9 Å². The Morgan fingerprint density at radius 2 is 1.87 bits per heavy atom. The maximum absolute atomic E-state index is 12.8. The van der Waals surface area contributed by atoms with Crippen molar-refractivity contribution in [1.29, 1.82) is 0 Å². The fraction of sp³-hybridized carbons (Fsp3) is 0.118. The summed E-state index contributed by atoms with van der Waals surface area (Å²) in [5.74, 6) is -0.984. The molecule has 6 heteroatoms. The topological polar surface area (TPSA) is 61.2 Å². The van der Waals surface area contributed by atoms with Crippen molar-refractivity contribution in [2.45, 2.75) is 6.54 Å². The highest BCUT2D eigenvalue weighted by atomic mass is 19.1. The van der Waals surface area contributed by atoms with Gasteiger partial charge in [-0.2, -0.15) is 0 Å². The van der Waals surface area contributed by atoms with E-state index in [0.29, 0.717) is 10.9 Å². The Kier molecular flexibility index (Phi) is 4.14. The molecule has 0 amide bonds. The van der Waals surface area contributed by atoms with E-state index in [4.69, 9.17) is 4.74 Å². The number of para-hydroxylation sites is 1. The minimum absolute atomic E-state index is 0.0239. The molecule has 0 aliphatic carbocycles. The van der Waals surface area contributed by atoms with Gasteiger partial charge in [0.05, 0.1) is 29.3 Å². The van der Waals surface area contributed by atoms with Crippen molar-refractivity contribution in [3.05, 3.63) is 76.6 Å². The van der Waals surface area contributed by atoms with E-state index in [0.717, 1.165) is 0 Å². The third-order valence-corrected chi connectivity index (χ3v) is 3.38. The van der Waals surface area contributed by atoms with Crippen LogP contribution in [0.25, 0.3) is 10.9 Å². The van der Waals surface area contributed by atoms with Crippen LogP contribution < -0.4 is 5.56 Å². The first-order chi connectivity index (χ1) is 11.1. The molecule has 116 valence electrons. The van der Waals surface area contributed by atoms with Gasteiger partial charge in [-0.15, -0.1) is 0 Å². The van der Waals surface area contributed by atoms with Crippen LogP contribution in [-0.4, -0.2) is 22.1 Å². The predicted octanol–water partition coefficient (Wildman–Crippen LogP) is 2.39. The summed E-state index contributed by atoms with van der Waals surface area (Å²) in [6.07, 6.45) is 1.43. The van der Waals surface area contributed by atoms with Crippen molar-refractivity contribution in [3.63, 3.8) is 0 Å². The number of fused-ring (bicyclic) bond motifs is 1. The van der Waals surface area contributed by atoms with E-state index in [-0.39, 0.29) is 24.3 Å². The zero-order valence-corrected chi connectivity index (χ0v) is 12.1. The van der Waals surface area contributed by atoms with Crippen LogP contribution in [0.2, 0.25) is 0 Å². The first kappa shape index (κ1) is 14.9. The third kappa shape index (κ3) is 3.26. The number of esters is 1. The number of halogens is 1. The van der Waals surface area contributed by atoms with Crippen LogP contribution in [0.5, 0.6) is 0 Å². The van der Waals surface area contributed by atoms with E-state index in [1.54, 1.807) is 18.2 Å². The van der Waals surface area contributed by atoms with E-state index >= 15 is 0 Å². The van der Waals surface area contributed by atoms with Crippen LogP contribution in [0, 0.1) is 5.82 Å². The molecule has 0 radical (unpaired) electrons. The molecule has 0 aliphatic rings. The van der Waals surface area contributed by atoms with Crippen LogP contribution >= 0.6 is 0 Å². The number of carbonyl (C=O) groups excluding carboxylic acids is 1. The lowest BCUT2D eigenvalue weighted by molar-refractivity contribution is 0.0490. The van der Waals surface area contributed by atoms with Gasteiger partial charge in [0.15, 0.2) is 0 Å². The Morgan fingerprint density at radius 1 is 1.13 bits per heavy atom. The highest BCUT2D eigenvalue weighted by molar-refractivity contribution is 5.89. The number of ether oxygens (including phenoxy) is 1. The van der Waals surface area contributed by atoms with Gasteiger partial charge in [-0.25, -0.2) is 14.2 Å². The second-order valence-electron chi connectivity index (χ2n) is 4.90. The Morgan fingerprint density at radius 3 is 2.65 bits per heavy atom. The molecule has 3 aromatic rings. The highest BCUT2D eigenvalue weighted by Crippen LogP contribution is 2.06. The van der Waals surface area contributed by atoms with E-state index in [1.165, 1.54) is 35.2 Å². The second-order valence-corrected chi connectivity index (χ2v) is 4.90. The molecule has 1 heterocycles. The summed E-state index contributed by atoms with van der Waals surface area (Å²) in [7, 11) is 0. The molecule has 3 rings (SSSR count). The molecule has 0 N–H and O–H groups in total. The quantitative estimate of drug-likeness (QED) is 0.694. The number of aromatic nitrogens is 2. The molecule has 0 aliphatic heterocycles. The lowest BCUT2D eigenvalue weighted by Gasteiger charge is -2.08. The maximum atomic E-state index is 12.8. The lowest BCUT2D eigenvalue weighted by atomic mass is 10.2. The van der Waals surface area contributed by atoms with E-state index < -0.39 is 11.8 Å². The Hall–Kier alpha value is -3.02. The zero-order chi connectivity index (χ0) is 16.2. The standard InChI is InChI=1S/C17H13FN2O3/c18-13-7-5-12(6-8-13)17(22)23-10-9-20-11-19-15-4-2-1-3-14(15)16(20)21/h1-8,11H,9-10H2. The van der Waals surface area contributed by atoms with E-state index in [1.807, 2.05) is 6.07 Å². The van der Waals surface area contributed by atoms with Crippen molar-refractivity contribution in [2.75, 3.05) is 6.61 Å². The van der Waals surface area contributed by atoms with Crippen LogP contribution in [0.4, 0.5) is 4.39 Å². The Balaban J connectivity index is 1.67. The number of benzene rings is 2. The predicted molar refractivity (Wildman–Crippen MR) is 82.7 cm³/mol. The van der Waals surface area contributed by atoms with Crippen LogP contribution in [-0.2, 0) is 11.3 Å². The summed E-state index contributed by atoms with van der Waals surface area (Å²) in [4.78, 5) is 28.2. The number of hydrogen-bond donors (Lipinski definition) is 0. The van der Waals surface area contributed by atoms with Gasteiger partial charge in [0.2, 0.25) is 0 Å². The molecule has 0 bridgehead atoms. The van der Waals surface area contributed by atoms with Crippen molar-refractivity contribution >= 4 is 16.9 Å².